The third kappa shape index (κ3) is 5.08. The summed E-state index contributed by atoms with van der Waals surface area (Å²) < 4.78 is 11.4. The minimum absolute atomic E-state index is 0.182. The summed E-state index contributed by atoms with van der Waals surface area (Å²) in [6.45, 7) is 1.70. The molecule has 0 aliphatic rings. The van der Waals surface area contributed by atoms with E-state index in [2.05, 4.69) is 31.9 Å². The SMILES string of the molecule is COC(=O)C(C(=O)OC)C(c1ccc(Br)cc1)C(C)C(=O)c1ccc(Br)cc1. The Bertz CT molecular complexity index is 830. The van der Waals surface area contributed by atoms with Crippen LogP contribution in [0.3, 0.4) is 0 Å². The van der Waals surface area contributed by atoms with Crippen molar-refractivity contribution < 1.29 is 23.9 Å². The molecule has 0 heterocycles. The van der Waals surface area contributed by atoms with Crippen LogP contribution in [0, 0.1) is 11.8 Å². The zero-order chi connectivity index (χ0) is 20.8. The second kappa shape index (κ2) is 9.98. The van der Waals surface area contributed by atoms with Crippen molar-refractivity contribution in [1.82, 2.24) is 0 Å². The number of hydrogen-bond acceptors (Lipinski definition) is 5. The molecule has 5 nitrogen and oxygen atoms in total. The van der Waals surface area contributed by atoms with E-state index in [1.165, 1.54) is 14.2 Å². The van der Waals surface area contributed by atoms with E-state index in [0.717, 1.165) is 8.95 Å². The van der Waals surface area contributed by atoms with E-state index in [9.17, 15) is 14.4 Å². The van der Waals surface area contributed by atoms with Gasteiger partial charge in [0.1, 0.15) is 0 Å². The number of benzene rings is 2. The van der Waals surface area contributed by atoms with Gasteiger partial charge in [0.05, 0.1) is 14.2 Å². The van der Waals surface area contributed by atoms with Gasteiger partial charge in [0.2, 0.25) is 0 Å². The van der Waals surface area contributed by atoms with Gasteiger partial charge in [0, 0.05) is 26.3 Å². The van der Waals surface area contributed by atoms with Crippen LogP contribution in [-0.2, 0) is 19.1 Å². The average Bonchev–Trinajstić information content (AvgIpc) is 2.71. The quantitative estimate of drug-likeness (QED) is 0.304. The number of carbonyl (C=O) groups excluding carboxylic acids is 3. The van der Waals surface area contributed by atoms with Gasteiger partial charge in [0.25, 0.3) is 0 Å². The second-order valence-electron chi connectivity index (χ2n) is 6.26. The third-order valence-electron chi connectivity index (χ3n) is 4.61. The van der Waals surface area contributed by atoms with Crippen LogP contribution in [0.5, 0.6) is 0 Å². The summed E-state index contributed by atoms with van der Waals surface area (Å²) in [5.41, 5.74) is 1.16. The van der Waals surface area contributed by atoms with E-state index >= 15 is 0 Å². The second-order valence-corrected chi connectivity index (χ2v) is 8.09. The predicted molar refractivity (Wildman–Crippen MR) is 112 cm³/mol. The Balaban J connectivity index is 2.53. The lowest BCUT2D eigenvalue weighted by molar-refractivity contribution is -0.160. The molecule has 0 aliphatic heterocycles. The van der Waals surface area contributed by atoms with Gasteiger partial charge >= 0.3 is 11.9 Å². The summed E-state index contributed by atoms with van der Waals surface area (Å²) in [7, 11) is 2.41. The van der Waals surface area contributed by atoms with Crippen molar-refractivity contribution in [1.29, 1.82) is 0 Å². The third-order valence-corrected chi connectivity index (χ3v) is 5.66. The highest BCUT2D eigenvalue weighted by Crippen LogP contribution is 2.36. The van der Waals surface area contributed by atoms with Crippen LogP contribution >= 0.6 is 31.9 Å². The Morgan fingerprint density at radius 2 is 1.21 bits per heavy atom. The summed E-state index contributed by atoms with van der Waals surface area (Å²) in [4.78, 5) is 38.0. The van der Waals surface area contributed by atoms with Gasteiger partial charge in [-0.15, -0.1) is 0 Å². The zero-order valence-corrected chi connectivity index (χ0v) is 18.8. The van der Waals surface area contributed by atoms with Crippen molar-refractivity contribution in [3.05, 3.63) is 68.6 Å². The fourth-order valence-corrected chi connectivity index (χ4v) is 3.67. The normalized spacial score (nSPS) is 12.9. The van der Waals surface area contributed by atoms with Crippen LogP contribution in [0.1, 0.15) is 28.8 Å². The van der Waals surface area contributed by atoms with Crippen LogP contribution in [0.15, 0.2) is 57.5 Å². The van der Waals surface area contributed by atoms with E-state index < -0.39 is 29.7 Å². The highest BCUT2D eigenvalue weighted by Gasteiger charge is 2.43. The summed E-state index contributed by atoms with van der Waals surface area (Å²) in [5.74, 6) is -4.34. The maximum atomic E-state index is 13.1. The first-order valence-electron chi connectivity index (χ1n) is 8.51. The average molecular weight is 512 g/mol. The molecule has 0 saturated carbocycles. The lowest BCUT2D eigenvalue weighted by Gasteiger charge is -2.28. The van der Waals surface area contributed by atoms with Crippen molar-refractivity contribution in [3.63, 3.8) is 0 Å². The molecule has 2 unspecified atom stereocenters. The van der Waals surface area contributed by atoms with Gasteiger partial charge < -0.3 is 9.47 Å². The lowest BCUT2D eigenvalue weighted by Crippen LogP contribution is -2.37. The van der Waals surface area contributed by atoms with Gasteiger partial charge in [-0.25, -0.2) is 0 Å². The first kappa shape index (κ1) is 22.3. The molecule has 148 valence electrons. The topological polar surface area (TPSA) is 69.7 Å². The van der Waals surface area contributed by atoms with Crippen molar-refractivity contribution in [3.8, 4) is 0 Å². The predicted octanol–water partition coefficient (Wildman–Crippen LogP) is 4.78. The number of esters is 2. The number of carbonyl (C=O) groups is 3. The molecule has 7 heteroatoms. The first-order chi connectivity index (χ1) is 13.3. The highest BCUT2D eigenvalue weighted by molar-refractivity contribution is 9.10. The maximum Gasteiger partial charge on any atom is 0.320 e. The molecule has 2 rings (SSSR count). The molecular formula is C21H20Br2O5. The molecule has 2 atom stereocenters. The number of Topliss-reactive ketones (excluding diaryl/α,β-unsaturated/α-hetero) is 1. The van der Waals surface area contributed by atoms with E-state index in [0.29, 0.717) is 11.1 Å². The van der Waals surface area contributed by atoms with E-state index in [1.807, 2.05) is 0 Å². The molecule has 28 heavy (non-hydrogen) atoms. The minimum atomic E-state index is -1.26. The van der Waals surface area contributed by atoms with Crippen LogP contribution < -0.4 is 0 Å². The zero-order valence-electron chi connectivity index (χ0n) is 15.6. The fraction of sp³-hybridized carbons (Fsp3) is 0.286. The Morgan fingerprint density at radius 1 is 0.786 bits per heavy atom. The molecule has 0 fully saturated rings. The first-order valence-corrected chi connectivity index (χ1v) is 10.1. The maximum absolute atomic E-state index is 13.1. The summed E-state index contributed by atoms with van der Waals surface area (Å²) in [6, 6.07) is 14.1. The molecule has 0 spiro atoms. The smallest absolute Gasteiger partial charge is 0.320 e. The van der Waals surface area contributed by atoms with Gasteiger partial charge in [-0.05, 0) is 29.8 Å². The van der Waals surface area contributed by atoms with Crippen molar-refractivity contribution >= 4 is 49.6 Å². The van der Waals surface area contributed by atoms with E-state index in [1.54, 1.807) is 55.5 Å². The minimum Gasteiger partial charge on any atom is -0.468 e. The Morgan fingerprint density at radius 3 is 1.64 bits per heavy atom. The van der Waals surface area contributed by atoms with Crippen LogP contribution in [-0.4, -0.2) is 31.9 Å². The molecule has 0 aliphatic carbocycles. The molecule has 0 aromatic heterocycles. The molecular weight excluding hydrogens is 492 g/mol. The number of ether oxygens (including phenoxy) is 2. The van der Waals surface area contributed by atoms with Crippen LogP contribution in [0.2, 0.25) is 0 Å². The molecule has 0 amide bonds. The van der Waals surface area contributed by atoms with E-state index in [-0.39, 0.29) is 5.78 Å². The Kier molecular flexibility index (Phi) is 7.95. The molecule has 0 bridgehead atoms. The number of rotatable bonds is 7. The number of halogens is 2. The number of hydrogen-bond donors (Lipinski definition) is 0. The Labute approximate surface area is 180 Å². The molecule has 2 aromatic carbocycles. The lowest BCUT2D eigenvalue weighted by atomic mass is 9.74. The van der Waals surface area contributed by atoms with Gasteiger partial charge in [-0.2, -0.15) is 0 Å². The molecule has 2 aromatic rings. The molecule has 0 N–H and O–H groups in total. The molecule has 0 radical (unpaired) electrons. The van der Waals surface area contributed by atoms with Crippen LogP contribution in [0.4, 0.5) is 0 Å². The number of methoxy groups -OCH3 is 2. The fourth-order valence-electron chi connectivity index (χ4n) is 3.14. The van der Waals surface area contributed by atoms with Crippen LogP contribution in [0.25, 0.3) is 0 Å². The standard InChI is InChI=1S/C21H20Br2O5/c1-12(19(24)14-6-10-16(23)11-7-14)17(13-4-8-15(22)9-5-13)18(20(25)27-2)21(26)28-3/h4-12,17-18H,1-3H3. The monoisotopic (exact) mass is 510 g/mol. The van der Waals surface area contributed by atoms with E-state index in [4.69, 9.17) is 9.47 Å². The van der Waals surface area contributed by atoms with Crippen molar-refractivity contribution in [2.75, 3.05) is 14.2 Å². The van der Waals surface area contributed by atoms with Gasteiger partial charge in [0.15, 0.2) is 11.7 Å². The Hall–Kier alpha value is -1.99. The number of ketones is 1. The summed E-state index contributed by atoms with van der Waals surface area (Å²) >= 11 is 6.72. The van der Waals surface area contributed by atoms with Gasteiger partial charge in [-0.1, -0.05) is 63.0 Å². The van der Waals surface area contributed by atoms with Crippen molar-refractivity contribution in [2.24, 2.45) is 11.8 Å². The largest absolute Gasteiger partial charge is 0.468 e. The van der Waals surface area contributed by atoms with Gasteiger partial charge in [-0.3, -0.25) is 14.4 Å². The summed E-state index contributed by atoms with van der Waals surface area (Å²) in [5, 5.41) is 0. The highest BCUT2D eigenvalue weighted by atomic mass is 79.9. The molecule has 0 saturated heterocycles. The van der Waals surface area contributed by atoms with Crippen molar-refractivity contribution in [2.45, 2.75) is 12.8 Å². The summed E-state index contributed by atoms with van der Waals surface area (Å²) in [6.07, 6.45) is 0.